The monoisotopic (exact) mass is 269 g/mol. The SMILES string of the molecule is CC/C=C(\CCC)c1ncc(C(O)CO)cc1Cl. The Balaban J connectivity index is 3.07. The van der Waals surface area contributed by atoms with E-state index in [1.807, 2.05) is 0 Å². The lowest BCUT2D eigenvalue weighted by Crippen LogP contribution is -2.04. The summed E-state index contributed by atoms with van der Waals surface area (Å²) in [7, 11) is 0. The van der Waals surface area contributed by atoms with Crippen molar-refractivity contribution >= 4 is 17.2 Å². The molecule has 0 saturated heterocycles. The van der Waals surface area contributed by atoms with Crippen LogP contribution in [0.15, 0.2) is 18.3 Å². The van der Waals surface area contributed by atoms with Crippen molar-refractivity contribution in [3.05, 3.63) is 34.6 Å². The summed E-state index contributed by atoms with van der Waals surface area (Å²) < 4.78 is 0. The lowest BCUT2D eigenvalue weighted by molar-refractivity contribution is 0.0953. The minimum atomic E-state index is -0.922. The van der Waals surface area contributed by atoms with Crippen molar-refractivity contribution in [1.29, 1.82) is 0 Å². The molecular weight excluding hydrogens is 250 g/mol. The Morgan fingerprint density at radius 3 is 2.72 bits per heavy atom. The van der Waals surface area contributed by atoms with Crippen LogP contribution in [0.25, 0.3) is 5.57 Å². The molecule has 0 spiro atoms. The lowest BCUT2D eigenvalue weighted by Gasteiger charge is -2.12. The zero-order chi connectivity index (χ0) is 13.5. The molecule has 0 aliphatic carbocycles. The van der Waals surface area contributed by atoms with Gasteiger partial charge >= 0.3 is 0 Å². The van der Waals surface area contributed by atoms with Gasteiger partial charge in [-0.2, -0.15) is 0 Å². The number of rotatable bonds is 6. The number of aliphatic hydroxyl groups is 2. The number of hydrogen-bond acceptors (Lipinski definition) is 3. The number of aliphatic hydroxyl groups excluding tert-OH is 2. The van der Waals surface area contributed by atoms with Crippen molar-refractivity contribution < 1.29 is 10.2 Å². The van der Waals surface area contributed by atoms with Crippen LogP contribution in [-0.4, -0.2) is 21.8 Å². The average Bonchev–Trinajstić information content (AvgIpc) is 2.37. The van der Waals surface area contributed by atoms with Gasteiger partial charge in [-0.25, -0.2) is 0 Å². The van der Waals surface area contributed by atoms with E-state index in [0.29, 0.717) is 10.6 Å². The smallest absolute Gasteiger partial charge is 0.104 e. The fraction of sp³-hybridized carbons (Fsp3) is 0.500. The predicted molar refractivity (Wildman–Crippen MR) is 74.5 cm³/mol. The molecule has 0 saturated carbocycles. The van der Waals surface area contributed by atoms with E-state index in [4.69, 9.17) is 16.7 Å². The highest BCUT2D eigenvalue weighted by molar-refractivity contribution is 6.32. The van der Waals surface area contributed by atoms with Gasteiger partial charge in [0.05, 0.1) is 17.3 Å². The molecule has 1 unspecified atom stereocenters. The first kappa shape index (κ1) is 15.2. The number of hydrogen-bond donors (Lipinski definition) is 2. The summed E-state index contributed by atoms with van der Waals surface area (Å²) in [5, 5.41) is 18.9. The quantitative estimate of drug-likeness (QED) is 0.833. The Labute approximate surface area is 113 Å². The number of halogens is 1. The Bertz CT molecular complexity index is 418. The van der Waals surface area contributed by atoms with E-state index >= 15 is 0 Å². The van der Waals surface area contributed by atoms with Crippen LogP contribution in [0.4, 0.5) is 0 Å². The molecule has 0 bridgehead atoms. The highest BCUT2D eigenvalue weighted by Gasteiger charge is 2.12. The standard InChI is InChI=1S/C14H20ClNO2/c1-3-5-10(6-4-2)14-12(15)7-11(8-16-14)13(18)9-17/h5,7-8,13,17-18H,3-4,6,9H2,1-2H3/b10-5+. The molecule has 1 atom stereocenters. The first-order valence-electron chi connectivity index (χ1n) is 6.27. The summed E-state index contributed by atoms with van der Waals surface area (Å²) >= 11 is 6.20. The van der Waals surface area contributed by atoms with Crippen LogP contribution >= 0.6 is 11.6 Å². The number of allylic oxidation sites excluding steroid dienone is 2. The molecule has 0 radical (unpaired) electrons. The summed E-state index contributed by atoms with van der Waals surface area (Å²) in [5.74, 6) is 0. The van der Waals surface area contributed by atoms with Crippen molar-refractivity contribution in [2.24, 2.45) is 0 Å². The average molecular weight is 270 g/mol. The summed E-state index contributed by atoms with van der Waals surface area (Å²) in [5.41, 5.74) is 2.45. The molecule has 1 aromatic rings. The Morgan fingerprint density at radius 2 is 2.22 bits per heavy atom. The molecule has 4 heteroatoms. The van der Waals surface area contributed by atoms with Crippen molar-refractivity contribution in [1.82, 2.24) is 4.98 Å². The Kier molecular flexibility index (Phi) is 6.33. The second-order valence-corrected chi connectivity index (χ2v) is 4.59. The third-order valence-electron chi connectivity index (χ3n) is 2.69. The zero-order valence-corrected chi connectivity index (χ0v) is 11.6. The molecule has 100 valence electrons. The van der Waals surface area contributed by atoms with E-state index in [9.17, 15) is 5.11 Å². The number of pyridine rings is 1. The third-order valence-corrected chi connectivity index (χ3v) is 2.98. The van der Waals surface area contributed by atoms with Gasteiger partial charge in [0.15, 0.2) is 0 Å². The maximum Gasteiger partial charge on any atom is 0.104 e. The van der Waals surface area contributed by atoms with Gasteiger partial charge in [0, 0.05) is 11.8 Å². The molecule has 0 fully saturated rings. The van der Waals surface area contributed by atoms with Crippen molar-refractivity contribution in [3.63, 3.8) is 0 Å². The summed E-state index contributed by atoms with van der Waals surface area (Å²) in [4.78, 5) is 4.31. The van der Waals surface area contributed by atoms with E-state index in [-0.39, 0.29) is 6.61 Å². The van der Waals surface area contributed by atoms with Gasteiger partial charge in [0.2, 0.25) is 0 Å². The highest BCUT2D eigenvalue weighted by Crippen LogP contribution is 2.28. The molecular formula is C14H20ClNO2. The zero-order valence-electron chi connectivity index (χ0n) is 10.9. The Morgan fingerprint density at radius 1 is 1.50 bits per heavy atom. The van der Waals surface area contributed by atoms with Crippen LogP contribution in [0.1, 0.15) is 50.5 Å². The summed E-state index contributed by atoms with van der Waals surface area (Å²) in [6.45, 7) is 3.86. The maximum absolute atomic E-state index is 9.53. The van der Waals surface area contributed by atoms with Crippen LogP contribution in [0.5, 0.6) is 0 Å². The van der Waals surface area contributed by atoms with Crippen LogP contribution < -0.4 is 0 Å². The van der Waals surface area contributed by atoms with Crippen LogP contribution in [-0.2, 0) is 0 Å². The minimum absolute atomic E-state index is 0.329. The molecule has 1 rings (SSSR count). The summed E-state index contributed by atoms with van der Waals surface area (Å²) in [6, 6.07) is 1.67. The Hall–Kier alpha value is -0.900. The first-order valence-corrected chi connectivity index (χ1v) is 6.65. The van der Waals surface area contributed by atoms with Crippen LogP contribution in [0.3, 0.4) is 0 Å². The van der Waals surface area contributed by atoms with Crippen LogP contribution in [0, 0.1) is 0 Å². The van der Waals surface area contributed by atoms with Crippen molar-refractivity contribution in [2.45, 2.75) is 39.2 Å². The van der Waals surface area contributed by atoms with Crippen molar-refractivity contribution in [3.8, 4) is 0 Å². The summed E-state index contributed by atoms with van der Waals surface area (Å²) in [6.07, 6.45) is 5.68. The fourth-order valence-corrected chi connectivity index (χ4v) is 2.11. The van der Waals surface area contributed by atoms with E-state index < -0.39 is 6.10 Å². The molecule has 2 N–H and O–H groups in total. The first-order chi connectivity index (χ1) is 8.63. The van der Waals surface area contributed by atoms with E-state index in [1.165, 1.54) is 0 Å². The molecule has 3 nitrogen and oxygen atoms in total. The van der Waals surface area contributed by atoms with Gasteiger partial charge in [-0.1, -0.05) is 37.9 Å². The van der Waals surface area contributed by atoms with Gasteiger partial charge in [0.25, 0.3) is 0 Å². The van der Waals surface area contributed by atoms with Gasteiger partial charge in [-0.15, -0.1) is 0 Å². The van der Waals surface area contributed by atoms with Crippen molar-refractivity contribution in [2.75, 3.05) is 6.61 Å². The van der Waals surface area contributed by atoms with Gasteiger partial charge in [0.1, 0.15) is 6.10 Å². The van der Waals surface area contributed by atoms with Crippen LogP contribution in [0.2, 0.25) is 5.02 Å². The minimum Gasteiger partial charge on any atom is -0.393 e. The molecule has 0 aliphatic heterocycles. The van der Waals surface area contributed by atoms with E-state index in [2.05, 4.69) is 24.9 Å². The van der Waals surface area contributed by atoms with Gasteiger partial charge < -0.3 is 10.2 Å². The molecule has 0 aliphatic rings. The molecule has 1 heterocycles. The van der Waals surface area contributed by atoms with Gasteiger partial charge in [-0.05, 0) is 24.5 Å². The normalized spacial score (nSPS) is 13.7. The van der Waals surface area contributed by atoms with E-state index in [0.717, 1.165) is 30.5 Å². The van der Waals surface area contributed by atoms with E-state index in [1.54, 1.807) is 12.3 Å². The molecule has 18 heavy (non-hydrogen) atoms. The molecule has 0 amide bonds. The third kappa shape index (κ3) is 3.80. The fourth-order valence-electron chi connectivity index (χ4n) is 1.81. The lowest BCUT2D eigenvalue weighted by atomic mass is 10.0. The predicted octanol–water partition coefficient (Wildman–Crippen LogP) is 3.35. The number of nitrogens with zero attached hydrogens (tertiary/aromatic N) is 1. The number of aromatic nitrogens is 1. The van der Waals surface area contributed by atoms with Gasteiger partial charge in [-0.3, -0.25) is 4.98 Å². The highest BCUT2D eigenvalue weighted by atomic mass is 35.5. The second kappa shape index (κ2) is 7.52. The second-order valence-electron chi connectivity index (χ2n) is 4.19. The topological polar surface area (TPSA) is 53.4 Å². The molecule has 0 aromatic carbocycles. The largest absolute Gasteiger partial charge is 0.393 e. The molecule has 1 aromatic heterocycles. The maximum atomic E-state index is 9.53.